The van der Waals surface area contributed by atoms with Gasteiger partial charge in [0.2, 0.25) is 0 Å². The van der Waals surface area contributed by atoms with E-state index in [1.54, 1.807) is 0 Å². The van der Waals surface area contributed by atoms with E-state index in [-0.39, 0.29) is 10.6 Å². The lowest BCUT2D eigenvalue weighted by Gasteiger charge is -2.08. The number of anilines is 1. The first kappa shape index (κ1) is 12.0. The van der Waals surface area contributed by atoms with E-state index in [4.69, 9.17) is 5.73 Å². The summed E-state index contributed by atoms with van der Waals surface area (Å²) in [5.74, 6) is -2.30. The zero-order valence-electron chi connectivity index (χ0n) is 7.34. The summed E-state index contributed by atoms with van der Waals surface area (Å²) in [7, 11) is -2.36. The molecule has 0 heterocycles. The van der Waals surface area contributed by atoms with E-state index in [0.29, 0.717) is 0 Å². The Hall–Kier alpha value is -1.11. The number of halogens is 4. The van der Waals surface area contributed by atoms with Gasteiger partial charge in [0.05, 0.1) is 15.7 Å². The van der Waals surface area contributed by atoms with Crippen molar-refractivity contribution < 1.29 is 21.8 Å². The summed E-state index contributed by atoms with van der Waals surface area (Å²) in [4.78, 5) is -0.327. The normalized spacial score (nSPS) is 13.9. The van der Waals surface area contributed by atoms with Crippen molar-refractivity contribution in [2.24, 2.45) is 0 Å². The van der Waals surface area contributed by atoms with E-state index < -0.39 is 28.5 Å². The maximum Gasteiger partial charge on any atom is 0.400 e. The third-order valence-electron chi connectivity index (χ3n) is 1.52. The molecule has 0 aliphatic heterocycles. The van der Waals surface area contributed by atoms with Crippen LogP contribution in [0.1, 0.15) is 0 Å². The molecule has 0 aliphatic carbocycles. The van der Waals surface area contributed by atoms with E-state index in [0.717, 1.165) is 18.2 Å². The highest BCUT2D eigenvalue weighted by Gasteiger charge is 2.31. The summed E-state index contributed by atoms with van der Waals surface area (Å²) < 4.78 is 59.5. The number of nitrogen functional groups attached to an aromatic ring is 1. The van der Waals surface area contributed by atoms with Crippen molar-refractivity contribution in [3.05, 3.63) is 24.0 Å². The number of nitrogens with two attached hydrogens (primary N) is 1. The minimum absolute atomic E-state index is 0.112. The molecular weight excluding hydrogens is 234 g/mol. The van der Waals surface area contributed by atoms with Gasteiger partial charge >= 0.3 is 6.18 Å². The Morgan fingerprint density at radius 3 is 2.47 bits per heavy atom. The molecule has 1 unspecified atom stereocenters. The highest BCUT2D eigenvalue weighted by atomic mass is 32.2. The molecule has 0 amide bonds. The topological polar surface area (TPSA) is 43.1 Å². The van der Waals surface area contributed by atoms with Crippen LogP contribution < -0.4 is 5.73 Å². The first-order valence-corrected chi connectivity index (χ1v) is 5.11. The first-order chi connectivity index (χ1) is 6.79. The van der Waals surface area contributed by atoms with Crippen LogP contribution in [0, 0.1) is 5.82 Å². The molecule has 0 radical (unpaired) electrons. The van der Waals surface area contributed by atoms with E-state index >= 15 is 0 Å². The molecular formula is C8H7F4NOS. The van der Waals surface area contributed by atoms with Gasteiger partial charge in [-0.1, -0.05) is 0 Å². The zero-order chi connectivity index (χ0) is 11.6. The van der Waals surface area contributed by atoms with Crippen molar-refractivity contribution >= 4 is 16.5 Å². The van der Waals surface area contributed by atoms with Gasteiger partial charge in [0.25, 0.3) is 0 Å². The number of hydrogen-bond acceptors (Lipinski definition) is 2. The van der Waals surface area contributed by atoms with E-state index in [2.05, 4.69) is 0 Å². The standard InChI is InChI=1S/C8H7F4NOS/c9-5-1-2-6(13)7(3-5)15(14)4-8(10,11)12/h1-3H,4,13H2. The molecule has 0 bridgehead atoms. The second kappa shape index (κ2) is 4.18. The van der Waals surface area contributed by atoms with Crippen LogP contribution in [-0.4, -0.2) is 16.1 Å². The predicted molar refractivity (Wildman–Crippen MR) is 48.1 cm³/mol. The minimum atomic E-state index is -4.57. The lowest BCUT2D eigenvalue weighted by atomic mass is 10.3. The van der Waals surface area contributed by atoms with Gasteiger partial charge in [0.1, 0.15) is 11.6 Å². The van der Waals surface area contributed by atoms with Crippen LogP contribution in [0.15, 0.2) is 23.1 Å². The van der Waals surface area contributed by atoms with Crippen LogP contribution in [0.5, 0.6) is 0 Å². The Morgan fingerprint density at radius 2 is 1.93 bits per heavy atom. The molecule has 1 rings (SSSR count). The van der Waals surface area contributed by atoms with Gasteiger partial charge in [-0.05, 0) is 18.2 Å². The van der Waals surface area contributed by atoms with E-state index in [9.17, 15) is 21.8 Å². The summed E-state index contributed by atoms with van der Waals surface area (Å²) in [5.41, 5.74) is 5.17. The lowest BCUT2D eigenvalue weighted by molar-refractivity contribution is -0.105. The van der Waals surface area contributed by atoms with Gasteiger partial charge in [-0.15, -0.1) is 0 Å². The number of hydrogen-bond donors (Lipinski definition) is 1. The quantitative estimate of drug-likeness (QED) is 0.636. The fraction of sp³-hybridized carbons (Fsp3) is 0.250. The maximum absolute atomic E-state index is 12.7. The molecule has 15 heavy (non-hydrogen) atoms. The molecule has 84 valence electrons. The van der Waals surface area contributed by atoms with Crippen LogP contribution in [0.25, 0.3) is 0 Å². The number of benzene rings is 1. The van der Waals surface area contributed by atoms with Crippen LogP contribution in [0.4, 0.5) is 23.2 Å². The van der Waals surface area contributed by atoms with Gasteiger partial charge in [0, 0.05) is 5.69 Å². The molecule has 7 heteroatoms. The molecule has 0 spiro atoms. The SMILES string of the molecule is Nc1ccc(F)cc1S(=O)CC(F)(F)F. The smallest absolute Gasteiger partial charge is 0.398 e. The van der Waals surface area contributed by atoms with Crippen molar-refractivity contribution in [3.8, 4) is 0 Å². The van der Waals surface area contributed by atoms with Crippen molar-refractivity contribution in [2.75, 3.05) is 11.5 Å². The van der Waals surface area contributed by atoms with Gasteiger partial charge < -0.3 is 5.73 Å². The van der Waals surface area contributed by atoms with Crippen molar-refractivity contribution in [3.63, 3.8) is 0 Å². The van der Waals surface area contributed by atoms with Gasteiger partial charge in [0.15, 0.2) is 0 Å². The molecule has 2 nitrogen and oxygen atoms in total. The van der Waals surface area contributed by atoms with Crippen LogP contribution >= 0.6 is 0 Å². The third-order valence-corrected chi connectivity index (χ3v) is 2.95. The minimum Gasteiger partial charge on any atom is -0.398 e. The molecule has 2 N–H and O–H groups in total. The second-order valence-corrected chi connectivity index (χ2v) is 4.21. The van der Waals surface area contributed by atoms with Crippen molar-refractivity contribution in [2.45, 2.75) is 11.1 Å². The first-order valence-electron chi connectivity index (χ1n) is 3.80. The summed E-state index contributed by atoms with van der Waals surface area (Å²) in [6.45, 7) is 0. The van der Waals surface area contributed by atoms with Crippen LogP contribution in [0.2, 0.25) is 0 Å². The van der Waals surface area contributed by atoms with Crippen molar-refractivity contribution in [1.29, 1.82) is 0 Å². The largest absolute Gasteiger partial charge is 0.400 e. The van der Waals surface area contributed by atoms with Gasteiger partial charge in [-0.2, -0.15) is 13.2 Å². The van der Waals surface area contributed by atoms with E-state index in [1.165, 1.54) is 0 Å². The predicted octanol–water partition coefficient (Wildman–Crippen LogP) is 2.08. The molecule has 0 aromatic heterocycles. The monoisotopic (exact) mass is 241 g/mol. The average molecular weight is 241 g/mol. The zero-order valence-corrected chi connectivity index (χ0v) is 8.16. The van der Waals surface area contributed by atoms with E-state index in [1.807, 2.05) is 0 Å². The molecule has 1 aromatic rings. The Labute approximate surface area is 85.5 Å². The van der Waals surface area contributed by atoms with Crippen LogP contribution in [0.3, 0.4) is 0 Å². The molecule has 0 fully saturated rings. The van der Waals surface area contributed by atoms with Crippen molar-refractivity contribution in [1.82, 2.24) is 0 Å². The summed E-state index contributed by atoms with van der Waals surface area (Å²) in [6.07, 6.45) is -4.57. The summed E-state index contributed by atoms with van der Waals surface area (Å²) in [5, 5.41) is 0. The summed E-state index contributed by atoms with van der Waals surface area (Å²) >= 11 is 0. The van der Waals surface area contributed by atoms with Gasteiger partial charge in [-0.25, -0.2) is 4.39 Å². The molecule has 1 atom stereocenters. The molecule has 0 saturated heterocycles. The molecule has 0 aliphatic rings. The second-order valence-electron chi connectivity index (χ2n) is 2.79. The third kappa shape index (κ3) is 3.50. The van der Waals surface area contributed by atoms with Crippen LogP contribution in [-0.2, 0) is 10.8 Å². The fourth-order valence-corrected chi connectivity index (χ4v) is 1.96. The highest BCUT2D eigenvalue weighted by molar-refractivity contribution is 7.85. The molecule has 1 aromatic carbocycles. The fourth-order valence-electron chi connectivity index (χ4n) is 0.932. The maximum atomic E-state index is 12.7. The Bertz CT molecular complexity index is 391. The highest BCUT2D eigenvalue weighted by Crippen LogP contribution is 2.23. The Morgan fingerprint density at radius 1 is 1.33 bits per heavy atom. The number of rotatable bonds is 2. The lowest BCUT2D eigenvalue weighted by Crippen LogP contribution is -2.19. The summed E-state index contributed by atoms with van der Waals surface area (Å²) in [6, 6.07) is 2.82. The molecule has 0 saturated carbocycles. The average Bonchev–Trinajstić information content (AvgIpc) is 2.06. The number of alkyl halides is 3. The Balaban J connectivity index is 2.96. The van der Waals surface area contributed by atoms with Gasteiger partial charge in [-0.3, -0.25) is 4.21 Å². The Kier molecular flexibility index (Phi) is 3.33.